The third-order valence-electron chi connectivity index (χ3n) is 4.85. The van der Waals surface area contributed by atoms with Crippen molar-refractivity contribution in [3.63, 3.8) is 0 Å². The van der Waals surface area contributed by atoms with E-state index in [4.69, 9.17) is 5.11 Å². The van der Waals surface area contributed by atoms with Crippen LogP contribution in [0.2, 0.25) is 0 Å². The molecular weight excluding hydrogens is 377 g/mol. The van der Waals surface area contributed by atoms with Crippen LogP contribution < -0.4 is 0 Å². The number of rotatable bonds is 5. The first-order valence-electron chi connectivity index (χ1n) is 9.28. The molecule has 0 aliphatic heterocycles. The van der Waals surface area contributed by atoms with Gasteiger partial charge >= 0.3 is 12.1 Å². The molecule has 0 saturated heterocycles. The first-order chi connectivity index (χ1) is 13.6. The second-order valence-electron chi connectivity index (χ2n) is 7.30. The lowest BCUT2D eigenvalue weighted by Gasteiger charge is -2.14. The van der Waals surface area contributed by atoms with E-state index in [0.29, 0.717) is 17.0 Å². The minimum Gasteiger partial charge on any atom is -0.481 e. The fourth-order valence-corrected chi connectivity index (χ4v) is 3.25. The van der Waals surface area contributed by atoms with Gasteiger partial charge in [0.05, 0.1) is 12.0 Å². The van der Waals surface area contributed by atoms with E-state index in [-0.39, 0.29) is 6.42 Å². The number of carbonyl (C=O) groups is 1. The average molecular weight is 398 g/mol. The lowest BCUT2D eigenvalue weighted by atomic mass is 9.90. The monoisotopic (exact) mass is 398 g/mol. The average Bonchev–Trinajstić information content (AvgIpc) is 2.67. The highest BCUT2D eigenvalue weighted by Crippen LogP contribution is 2.36. The highest BCUT2D eigenvalue weighted by Gasteiger charge is 2.30. The van der Waals surface area contributed by atoms with Crippen molar-refractivity contribution in [2.45, 2.75) is 32.4 Å². The molecule has 3 aromatic rings. The number of halogens is 3. The molecule has 0 aromatic heterocycles. The first kappa shape index (κ1) is 20.6. The zero-order valence-corrected chi connectivity index (χ0v) is 16.1. The molecule has 0 amide bonds. The van der Waals surface area contributed by atoms with Crippen LogP contribution >= 0.6 is 0 Å². The maximum Gasteiger partial charge on any atom is 0.416 e. The summed E-state index contributed by atoms with van der Waals surface area (Å²) in [6.07, 6.45) is -4.51. The number of hydrogen-bond donors (Lipinski definition) is 1. The SMILES string of the molecule is CC(C)c1ccc(-c2cc(CC(=O)O)ccc2-c2ccc(C(F)(F)F)cc2)cc1. The fourth-order valence-electron chi connectivity index (χ4n) is 3.25. The van der Waals surface area contributed by atoms with E-state index >= 15 is 0 Å². The summed E-state index contributed by atoms with van der Waals surface area (Å²) in [7, 11) is 0. The normalized spacial score (nSPS) is 11.7. The second kappa shape index (κ2) is 8.11. The predicted molar refractivity (Wildman–Crippen MR) is 108 cm³/mol. The van der Waals surface area contributed by atoms with E-state index in [1.807, 2.05) is 24.3 Å². The molecule has 0 aliphatic carbocycles. The van der Waals surface area contributed by atoms with Gasteiger partial charge in [-0.15, -0.1) is 0 Å². The molecule has 0 fully saturated rings. The van der Waals surface area contributed by atoms with Gasteiger partial charge in [0.25, 0.3) is 0 Å². The third kappa shape index (κ3) is 4.86. The van der Waals surface area contributed by atoms with Crippen molar-refractivity contribution in [3.8, 4) is 22.3 Å². The van der Waals surface area contributed by atoms with Crippen LogP contribution in [0.25, 0.3) is 22.3 Å². The molecule has 0 spiro atoms. The van der Waals surface area contributed by atoms with Crippen molar-refractivity contribution in [3.05, 3.63) is 83.4 Å². The second-order valence-corrected chi connectivity index (χ2v) is 7.30. The van der Waals surface area contributed by atoms with Crippen molar-refractivity contribution >= 4 is 5.97 Å². The summed E-state index contributed by atoms with van der Waals surface area (Å²) in [5, 5.41) is 9.11. The summed E-state index contributed by atoms with van der Waals surface area (Å²) in [6.45, 7) is 4.19. The van der Waals surface area contributed by atoms with E-state index in [1.54, 1.807) is 18.2 Å². The zero-order chi connectivity index (χ0) is 21.2. The van der Waals surface area contributed by atoms with Gasteiger partial charge < -0.3 is 5.11 Å². The maximum absolute atomic E-state index is 12.9. The quantitative estimate of drug-likeness (QED) is 0.514. The number of hydrogen-bond acceptors (Lipinski definition) is 1. The third-order valence-corrected chi connectivity index (χ3v) is 4.85. The molecule has 29 heavy (non-hydrogen) atoms. The molecule has 2 nitrogen and oxygen atoms in total. The summed E-state index contributed by atoms with van der Waals surface area (Å²) in [5.74, 6) is -0.565. The Morgan fingerprint density at radius 1 is 0.862 bits per heavy atom. The molecule has 0 heterocycles. The Labute approximate surface area is 167 Å². The molecular formula is C24H21F3O2. The van der Waals surface area contributed by atoms with Crippen LogP contribution in [0.3, 0.4) is 0 Å². The van der Waals surface area contributed by atoms with Crippen LogP contribution in [-0.2, 0) is 17.4 Å². The summed E-state index contributed by atoms with van der Waals surface area (Å²) in [6, 6.07) is 18.2. The highest BCUT2D eigenvalue weighted by molar-refractivity contribution is 5.85. The predicted octanol–water partition coefficient (Wildman–Crippen LogP) is 6.79. The largest absolute Gasteiger partial charge is 0.481 e. The smallest absolute Gasteiger partial charge is 0.416 e. The molecule has 150 valence electrons. The Morgan fingerprint density at radius 3 is 1.93 bits per heavy atom. The van der Waals surface area contributed by atoms with Gasteiger partial charge in [-0.3, -0.25) is 4.79 Å². The molecule has 0 radical (unpaired) electrons. The van der Waals surface area contributed by atoms with E-state index in [1.165, 1.54) is 17.7 Å². The molecule has 0 aliphatic rings. The number of carboxylic acids is 1. The number of alkyl halides is 3. The van der Waals surface area contributed by atoms with Crippen LogP contribution in [0, 0.1) is 0 Å². The number of carboxylic acid groups (broad SMARTS) is 1. The molecule has 1 N–H and O–H groups in total. The van der Waals surface area contributed by atoms with Crippen LogP contribution in [0.4, 0.5) is 13.2 Å². The van der Waals surface area contributed by atoms with Gasteiger partial charge in [0.2, 0.25) is 0 Å². The van der Waals surface area contributed by atoms with Gasteiger partial charge in [-0.05, 0) is 57.5 Å². The van der Waals surface area contributed by atoms with Crippen LogP contribution in [-0.4, -0.2) is 11.1 Å². The van der Waals surface area contributed by atoms with Crippen LogP contribution in [0.1, 0.15) is 36.5 Å². The Balaban J connectivity index is 2.10. The molecule has 3 aromatic carbocycles. The van der Waals surface area contributed by atoms with Gasteiger partial charge in [0.1, 0.15) is 0 Å². The summed E-state index contributed by atoms with van der Waals surface area (Å²) in [4.78, 5) is 11.1. The summed E-state index contributed by atoms with van der Waals surface area (Å²) in [5.41, 5.74) is 4.18. The maximum atomic E-state index is 12.9. The standard InChI is InChI=1S/C24H21F3O2/c1-15(2)17-4-6-19(7-5-17)22-13-16(14-23(28)29)3-12-21(22)18-8-10-20(11-9-18)24(25,26)27/h3-13,15H,14H2,1-2H3,(H,28,29). The number of aliphatic carboxylic acids is 1. The van der Waals surface area contributed by atoms with Crippen molar-refractivity contribution in [2.24, 2.45) is 0 Å². The van der Waals surface area contributed by atoms with Crippen molar-refractivity contribution in [2.75, 3.05) is 0 Å². The zero-order valence-electron chi connectivity index (χ0n) is 16.1. The minimum atomic E-state index is -4.39. The van der Waals surface area contributed by atoms with Gasteiger partial charge in [-0.1, -0.05) is 62.4 Å². The van der Waals surface area contributed by atoms with Crippen LogP contribution in [0.5, 0.6) is 0 Å². The Hall–Kier alpha value is -3.08. The lowest BCUT2D eigenvalue weighted by Crippen LogP contribution is -2.04. The Morgan fingerprint density at radius 2 is 1.41 bits per heavy atom. The van der Waals surface area contributed by atoms with Gasteiger partial charge in [0, 0.05) is 0 Å². The van der Waals surface area contributed by atoms with E-state index in [9.17, 15) is 18.0 Å². The van der Waals surface area contributed by atoms with Crippen molar-refractivity contribution in [1.82, 2.24) is 0 Å². The Bertz CT molecular complexity index is 1000. The van der Waals surface area contributed by atoms with E-state index < -0.39 is 17.7 Å². The molecule has 0 saturated carbocycles. The first-order valence-corrected chi connectivity index (χ1v) is 9.28. The molecule has 0 unspecified atom stereocenters. The molecule has 3 rings (SSSR count). The minimum absolute atomic E-state index is 0.121. The van der Waals surface area contributed by atoms with Crippen molar-refractivity contribution < 1.29 is 23.1 Å². The lowest BCUT2D eigenvalue weighted by molar-refractivity contribution is -0.138. The van der Waals surface area contributed by atoms with Gasteiger partial charge in [-0.2, -0.15) is 13.2 Å². The Kier molecular flexibility index (Phi) is 5.78. The topological polar surface area (TPSA) is 37.3 Å². The summed E-state index contributed by atoms with van der Waals surface area (Å²) >= 11 is 0. The highest BCUT2D eigenvalue weighted by atomic mass is 19.4. The number of benzene rings is 3. The van der Waals surface area contributed by atoms with Crippen LogP contribution in [0.15, 0.2) is 66.7 Å². The molecule has 0 bridgehead atoms. The molecule has 0 atom stereocenters. The fraction of sp³-hybridized carbons (Fsp3) is 0.208. The summed E-state index contributed by atoms with van der Waals surface area (Å²) < 4.78 is 38.7. The van der Waals surface area contributed by atoms with Gasteiger partial charge in [-0.25, -0.2) is 0 Å². The molecule has 5 heteroatoms. The van der Waals surface area contributed by atoms with E-state index in [0.717, 1.165) is 28.8 Å². The van der Waals surface area contributed by atoms with E-state index in [2.05, 4.69) is 13.8 Å². The van der Waals surface area contributed by atoms with Crippen molar-refractivity contribution in [1.29, 1.82) is 0 Å². The van der Waals surface area contributed by atoms with Gasteiger partial charge in [0.15, 0.2) is 0 Å².